The zero-order valence-corrected chi connectivity index (χ0v) is 13.5. The van der Waals surface area contributed by atoms with Gasteiger partial charge < -0.3 is 4.74 Å². The average Bonchev–Trinajstić information content (AvgIpc) is 3.05. The smallest absolute Gasteiger partial charge is 0.234 e. The molecule has 1 aliphatic carbocycles. The van der Waals surface area contributed by atoms with Crippen molar-refractivity contribution < 1.29 is 14.3 Å². The van der Waals surface area contributed by atoms with Gasteiger partial charge >= 0.3 is 0 Å². The van der Waals surface area contributed by atoms with Crippen LogP contribution in [0.2, 0.25) is 0 Å². The van der Waals surface area contributed by atoms with E-state index in [0.717, 1.165) is 26.1 Å². The van der Waals surface area contributed by atoms with Crippen LogP contribution in [0.15, 0.2) is 12.2 Å². The minimum Gasteiger partial charge on any atom is -0.377 e. The number of hydrogen-bond acceptors (Lipinski definition) is 4. The molecule has 3 aliphatic rings. The van der Waals surface area contributed by atoms with Crippen LogP contribution in [0.3, 0.4) is 0 Å². The molecule has 3 rings (SSSR count). The van der Waals surface area contributed by atoms with Crippen LogP contribution < -0.4 is 0 Å². The molecule has 0 N–H and O–H groups in total. The Hall–Kier alpha value is -1.20. The number of ether oxygens (including phenoxy) is 1. The van der Waals surface area contributed by atoms with Gasteiger partial charge in [-0.2, -0.15) is 0 Å². The molecular formula is C17H26N2O3. The van der Waals surface area contributed by atoms with E-state index < -0.39 is 0 Å². The first kappa shape index (κ1) is 15.7. The summed E-state index contributed by atoms with van der Waals surface area (Å²) in [4.78, 5) is 28.5. The van der Waals surface area contributed by atoms with E-state index in [4.69, 9.17) is 4.74 Å². The zero-order chi connectivity index (χ0) is 15.7. The number of imide groups is 1. The predicted octanol–water partition coefficient (Wildman–Crippen LogP) is 1.64. The molecular weight excluding hydrogens is 280 g/mol. The fourth-order valence-corrected chi connectivity index (χ4v) is 3.60. The van der Waals surface area contributed by atoms with Gasteiger partial charge in [0.05, 0.1) is 24.6 Å². The van der Waals surface area contributed by atoms with Crippen LogP contribution >= 0.6 is 0 Å². The average molecular weight is 306 g/mol. The quantitative estimate of drug-likeness (QED) is 0.572. The second-order valence-corrected chi connectivity index (χ2v) is 7.12. The van der Waals surface area contributed by atoms with E-state index >= 15 is 0 Å². The van der Waals surface area contributed by atoms with Gasteiger partial charge in [-0.25, -0.2) is 0 Å². The maximum Gasteiger partial charge on any atom is 0.234 e. The standard InChI is InChI=1S/C17H26N2O3/c1-12(2)10-22-13-7-8-18(9-13)11-19-16(20)14-5-3-4-6-15(14)17(19)21/h3-4,12-15H,5-11H2,1-2H3/t13-,14-,15-/m1/s1. The predicted molar refractivity (Wildman–Crippen MR) is 82.8 cm³/mol. The first-order valence-electron chi connectivity index (χ1n) is 8.40. The highest BCUT2D eigenvalue weighted by Crippen LogP contribution is 2.35. The van der Waals surface area contributed by atoms with Crippen LogP contribution in [-0.4, -0.2) is 54.1 Å². The van der Waals surface area contributed by atoms with Gasteiger partial charge in [0.15, 0.2) is 0 Å². The Balaban J connectivity index is 1.54. The van der Waals surface area contributed by atoms with Crippen LogP contribution in [0.4, 0.5) is 0 Å². The van der Waals surface area contributed by atoms with Crippen LogP contribution in [-0.2, 0) is 14.3 Å². The fraction of sp³-hybridized carbons (Fsp3) is 0.765. The maximum absolute atomic E-state index is 12.4. The van der Waals surface area contributed by atoms with Gasteiger partial charge in [-0.3, -0.25) is 19.4 Å². The van der Waals surface area contributed by atoms with Gasteiger partial charge in [0, 0.05) is 19.7 Å². The Kier molecular flexibility index (Phi) is 4.64. The molecule has 0 unspecified atom stereocenters. The van der Waals surface area contributed by atoms with E-state index in [2.05, 4.69) is 18.7 Å². The van der Waals surface area contributed by atoms with Crippen molar-refractivity contribution in [2.24, 2.45) is 17.8 Å². The fourth-order valence-electron chi connectivity index (χ4n) is 3.60. The van der Waals surface area contributed by atoms with Crippen LogP contribution in [0.1, 0.15) is 33.1 Å². The lowest BCUT2D eigenvalue weighted by molar-refractivity contribution is -0.142. The molecule has 2 aliphatic heterocycles. The Labute approximate surface area is 132 Å². The number of nitrogens with zero attached hydrogens (tertiary/aromatic N) is 2. The highest BCUT2D eigenvalue weighted by Gasteiger charge is 2.47. The van der Waals surface area contributed by atoms with Crippen molar-refractivity contribution >= 4 is 11.8 Å². The monoisotopic (exact) mass is 306 g/mol. The highest BCUT2D eigenvalue weighted by molar-refractivity contribution is 6.05. The lowest BCUT2D eigenvalue weighted by Gasteiger charge is -2.23. The minimum atomic E-state index is -0.118. The van der Waals surface area contributed by atoms with Gasteiger partial charge in [-0.1, -0.05) is 26.0 Å². The van der Waals surface area contributed by atoms with E-state index in [1.165, 1.54) is 4.90 Å². The van der Waals surface area contributed by atoms with E-state index in [9.17, 15) is 9.59 Å². The Morgan fingerprint density at radius 2 is 1.82 bits per heavy atom. The summed E-state index contributed by atoms with van der Waals surface area (Å²) in [6, 6.07) is 0. The first-order chi connectivity index (χ1) is 10.6. The van der Waals surface area contributed by atoms with Crippen LogP contribution in [0.25, 0.3) is 0 Å². The highest BCUT2D eigenvalue weighted by atomic mass is 16.5. The number of carbonyl (C=O) groups excluding carboxylic acids is 2. The topological polar surface area (TPSA) is 49.9 Å². The summed E-state index contributed by atoms with van der Waals surface area (Å²) in [5.74, 6) is 0.337. The Morgan fingerprint density at radius 3 is 2.41 bits per heavy atom. The molecule has 2 saturated heterocycles. The first-order valence-corrected chi connectivity index (χ1v) is 8.40. The minimum absolute atomic E-state index is 0.0194. The third-order valence-electron chi connectivity index (χ3n) is 4.83. The number of rotatable bonds is 5. The molecule has 2 heterocycles. The lowest BCUT2D eigenvalue weighted by atomic mass is 9.85. The summed E-state index contributed by atoms with van der Waals surface area (Å²) in [5.41, 5.74) is 0. The Bertz CT molecular complexity index is 449. The molecule has 2 amide bonds. The molecule has 0 saturated carbocycles. The lowest BCUT2D eigenvalue weighted by Crippen LogP contribution is -2.41. The number of carbonyl (C=O) groups is 2. The maximum atomic E-state index is 12.4. The van der Waals surface area contributed by atoms with Crippen molar-refractivity contribution in [2.75, 3.05) is 26.4 Å². The van der Waals surface area contributed by atoms with Crippen LogP contribution in [0.5, 0.6) is 0 Å². The van der Waals surface area contributed by atoms with Crippen molar-refractivity contribution in [1.82, 2.24) is 9.80 Å². The SMILES string of the molecule is CC(C)CO[C@@H]1CCN(CN2C(=O)[C@@H]3CC=CC[C@H]3C2=O)C1. The summed E-state index contributed by atoms with van der Waals surface area (Å²) < 4.78 is 5.87. The second-order valence-electron chi connectivity index (χ2n) is 7.12. The van der Waals surface area contributed by atoms with E-state index in [0.29, 0.717) is 25.4 Å². The molecule has 0 aromatic carbocycles. The van der Waals surface area contributed by atoms with Gasteiger partial charge in [0.2, 0.25) is 11.8 Å². The summed E-state index contributed by atoms with van der Waals surface area (Å²) in [6.07, 6.45) is 6.71. The Morgan fingerprint density at radius 1 is 1.18 bits per heavy atom. The number of amides is 2. The van der Waals surface area contributed by atoms with Crippen molar-refractivity contribution in [3.63, 3.8) is 0 Å². The molecule has 0 radical (unpaired) electrons. The summed E-state index contributed by atoms with van der Waals surface area (Å²) in [6.45, 7) is 7.21. The molecule has 2 fully saturated rings. The van der Waals surface area contributed by atoms with E-state index in [1.54, 1.807) is 0 Å². The number of fused-ring (bicyclic) bond motifs is 1. The third kappa shape index (κ3) is 3.10. The molecule has 0 bridgehead atoms. The van der Waals surface area contributed by atoms with Gasteiger partial charge in [-0.15, -0.1) is 0 Å². The van der Waals surface area contributed by atoms with Crippen molar-refractivity contribution in [1.29, 1.82) is 0 Å². The van der Waals surface area contributed by atoms with Gasteiger partial charge in [-0.05, 0) is 25.2 Å². The van der Waals surface area contributed by atoms with E-state index in [-0.39, 0.29) is 29.8 Å². The summed E-state index contributed by atoms with van der Waals surface area (Å²) in [5, 5.41) is 0. The number of hydrogen-bond donors (Lipinski definition) is 0. The summed E-state index contributed by atoms with van der Waals surface area (Å²) >= 11 is 0. The van der Waals surface area contributed by atoms with Crippen molar-refractivity contribution in [2.45, 2.75) is 39.2 Å². The second kappa shape index (κ2) is 6.50. The third-order valence-corrected chi connectivity index (χ3v) is 4.83. The number of allylic oxidation sites excluding steroid dienone is 2. The molecule has 0 spiro atoms. The van der Waals surface area contributed by atoms with Crippen LogP contribution in [0, 0.1) is 17.8 Å². The molecule has 0 aromatic rings. The molecule has 5 nitrogen and oxygen atoms in total. The molecule has 122 valence electrons. The van der Waals surface area contributed by atoms with E-state index in [1.807, 2.05) is 12.2 Å². The molecule has 0 aromatic heterocycles. The molecule has 22 heavy (non-hydrogen) atoms. The van der Waals surface area contributed by atoms with Gasteiger partial charge in [0.25, 0.3) is 0 Å². The molecule has 5 heteroatoms. The largest absolute Gasteiger partial charge is 0.377 e. The zero-order valence-electron chi connectivity index (χ0n) is 13.5. The number of likely N-dealkylation sites (tertiary alicyclic amines) is 2. The van der Waals surface area contributed by atoms with Crippen molar-refractivity contribution in [3.05, 3.63) is 12.2 Å². The summed E-state index contributed by atoms with van der Waals surface area (Å²) in [7, 11) is 0. The molecule has 3 atom stereocenters. The van der Waals surface area contributed by atoms with Crippen molar-refractivity contribution in [3.8, 4) is 0 Å². The van der Waals surface area contributed by atoms with Gasteiger partial charge in [0.1, 0.15) is 0 Å². The normalized spacial score (nSPS) is 32.3.